The van der Waals surface area contributed by atoms with Gasteiger partial charge >= 0.3 is 0 Å². The Bertz CT molecular complexity index is 609. The second kappa shape index (κ2) is 7.03. The largest absolute Gasteiger partial charge is 0.496 e. The second-order valence-corrected chi connectivity index (χ2v) is 5.31. The molecule has 2 aromatic rings. The molecule has 0 saturated carbocycles. The van der Waals surface area contributed by atoms with Crippen LogP contribution in [0, 0.1) is 0 Å². The van der Waals surface area contributed by atoms with Crippen LogP contribution in [0.2, 0.25) is 10.0 Å². The fraction of sp³-hybridized carbons (Fsp3) is 0.250. The van der Waals surface area contributed by atoms with Crippen molar-refractivity contribution in [2.75, 3.05) is 21.3 Å². The molecule has 2 rings (SSSR count). The minimum absolute atomic E-state index is 0.192. The second-order valence-electron chi connectivity index (χ2n) is 4.46. The van der Waals surface area contributed by atoms with E-state index in [9.17, 15) is 0 Å². The van der Waals surface area contributed by atoms with Gasteiger partial charge in [0.15, 0.2) is 0 Å². The Kier molecular flexibility index (Phi) is 5.34. The molecule has 1 unspecified atom stereocenters. The number of ether oxygens (including phenoxy) is 2. The normalized spacial score (nSPS) is 12.0. The molecule has 0 fully saturated rings. The Morgan fingerprint density at radius 2 is 1.62 bits per heavy atom. The molecular formula is C16H17Cl2NO2. The number of rotatable bonds is 5. The maximum atomic E-state index is 6.33. The number of hydrogen-bond acceptors (Lipinski definition) is 3. The van der Waals surface area contributed by atoms with E-state index in [1.807, 2.05) is 31.3 Å². The van der Waals surface area contributed by atoms with Gasteiger partial charge in [-0.15, -0.1) is 0 Å². The van der Waals surface area contributed by atoms with Gasteiger partial charge in [-0.25, -0.2) is 0 Å². The van der Waals surface area contributed by atoms with E-state index in [2.05, 4.69) is 5.32 Å². The van der Waals surface area contributed by atoms with E-state index in [0.717, 1.165) is 22.6 Å². The number of halogens is 2. The summed E-state index contributed by atoms with van der Waals surface area (Å²) in [5.74, 6) is 1.45. The van der Waals surface area contributed by atoms with Crippen molar-refractivity contribution in [2.45, 2.75) is 6.04 Å². The van der Waals surface area contributed by atoms with Crippen LogP contribution < -0.4 is 14.8 Å². The maximum absolute atomic E-state index is 6.33. The van der Waals surface area contributed by atoms with Gasteiger partial charge in [0.25, 0.3) is 0 Å². The van der Waals surface area contributed by atoms with Gasteiger partial charge in [-0.2, -0.15) is 0 Å². The van der Waals surface area contributed by atoms with Crippen molar-refractivity contribution in [3.8, 4) is 11.5 Å². The van der Waals surface area contributed by atoms with Crippen LogP contribution in [0.25, 0.3) is 0 Å². The standard InChI is InChI=1S/C16H17Cl2NO2/c1-19-16(11-9-10(17)7-8-12(11)18)15-13(20-2)5-4-6-14(15)21-3/h4-9,16,19H,1-3H3. The zero-order valence-electron chi connectivity index (χ0n) is 12.1. The smallest absolute Gasteiger partial charge is 0.127 e. The first-order chi connectivity index (χ1) is 10.1. The molecule has 0 aliphatic carbocycles. The molecule has 1 N–H and O–H groups in total. The molecular weight excluding hydrogens is 309 g/mol. The summed E-state index contributed by atoms with van der Waals surface area (Å²) in [4.78, 5) is 0. The Morgan fingerprint density at radius 3 is 2.14 bits per heavy atom. The van der Waals surface area contributed by atoms with Gasteiger partial charge in [0.1, 0.15) is 11.5 Å². The zero-order chi connectivity index (χ0) is 15.4. The molecule has 0 aliphatic rings. The Morgan fingerprint density at radius 1 is 1.00 bits per heavy atom. The molecule has 0 spiro atoms. The fourth-order valence-corrected chi connectivity index (χ4v) is 2.76. The quantitative estimate of drug-likeness (QED) is 0.888. The zero-order valence-corrected chi connectivity index (χ0v) is 13.6. The first-order valence-corrected chi connectivity index (χ1v) is 7.21. The van der Waals surface area contributed by atoms with Gasteiger partial charge in [-0.05, 0) is 42.9 Å². The van der Waals surface area contributed by atoms with Crippen molar-refractivity contribution in [1.29, 1.82) is 0 Å². The van der Waals surface area contributed by atoms with E-state index in [0.29, 0.717) is 10.0 Å². The SMILES string of the molecule is CNC(c1cc(Cl)ccc1Cl)c1c(OC)cccc1OC. The highest BCUT2D eigenvalue weighted by atomic mass is 35.5. The number of nitrogens with one attached hydrogen (secondary N) is 1. The molecule has 1 atom stereocenters. The van der Waals surface area contributed by atoms with Crippen LogP contribution in [0.15, 0.2) is 36.4 Å². The Labute approximate surface area is 134 Å². The van der Waals surface area contributed by atoms with Crippen LogP contribution in [-0.2, 0) is 0 Å². The third kappa shape index (κ3) is 3.26. The topological polar surface area (TPSA) is 30.5 Å². The van der Waals surface area contributed by atoms with E-state index in [1.165, 1.54) is 0 Å². The van der Waals surface area contributed by atoms with E-state index in [-0.39, 0.29) is 6.04 Å². The van der Waals surface area contributed by atoms with Crippen molar-refractivity contribution in [3.05, 3.63) is 57.6 Å². The van der Waals surface area contributed by atoms with Gasteiger partial charge in [-0.1, -0.05) is 29.3 Å². The number of hydrogen-bond donors (Lipinski definition) is 1. The highest BCUT2D eigenvalue weighted by molar-refractivity contribution is 6.33. The molecule has 0 aliphatic heterocycles. The molecule has 0 amide bonds. The maximum Gasteiger partial charge on any atom is 0.127 e. The van der Waals surface area contributed by atoms with Crippen LogP contribution in [-0.4, -0.2) is 21.3 Å². The molecule has 0 heterocycles. The summed E-state index contributed by atoms with van der Waals surface area (Å²) in [7, 11) is 5.11. The molecule has 5 heteroatoms. The minimum atomic E-state index is -0.192. The minimum Gasteiger partial charge on any atom is -0.496 e. The lowest BCUT2D eigenvalue weighted by atomic mass is 9.97. The van der Waals surface area contributed by atoms with E-state index >= 15 is 0 Å². The van der Waals surface area contributed by atoms with E-state index in [1.54, 1.807) is 26.4 Å². The van der Waals surface area contributed by atoms with Crippen molar-refractivity contribution in [3.63, 3.8) is 0 Å². The lowest BCUT2D eigenvalue weighted by Gasteiger charge is -2.23. The van der Waals surface area contributed by atoms with Gasteiger partial charge in [-0.3, -0.25) is 0 Å². The number of benzene rings is 2. The average Bonchev–Trinajstić information content (AvgIpc) is 2.51. The summed E-state index contributed by atoms with van der Waals surface area (Å²) in [5, 5.41) is 4.51. The highest BCUT2D eigenvalue weighted by Crippen LogP contribution is 2.39. The summed E-state index contributed by atoms with van der Waals surface area (Å²) in [6, 6.07) is 10.9. The average molecular weight is 326 g/mol. The summed E-state index contributed by atoms with van der Waals surface area (Å²) < 4.78 is 10.9. The number of methoxy groups -OCH3 is 2. The third-order valence-electron chi connectivity index (χ3n) is 3.31. The fourth-order valence-electron chi connectivity index (χ4n) is 2.36. The molecule has 2 aromatic carbocycles. The monoisotopic (exact) mass is 325 g/mol. The van der Waals surface area contributed by atoms with Crippen LogP contribution in [0.5, 0.6) is 11.5 Å². The Hall–Kier alpha value is -1.42. The van der Waals surface area contributed by atoms with Crippen LogP contribution in [0.3, 0.4) is 0 Å². The molecule has 0 saturated heterocycles. The van der Waals surface area contributed by atoms with Crippen molar-refractivity contribution >= 4 is 23.2 Å². The third-order valence-corrected chi connectivity index (χ3v) is 3.89. The summed E-state index contributed by atoms with van der Waals surface area (Å²) in [6.45, 7) is 0. The van der Waals surface area contributed by atoms with Crippen molar-refractivity contribution in [2.24, 2.45) is 0 Å². The predicted octanol–water partition coefficient (Wildman–Crippen LogP) is 4.32. The lowest BCUT2D eigenvalue weighted by Crippen LogP contribution is -2.19. The molecule has 0 bridgehead atoms. The van der Waals surface area contributed by atoms with Crippen molar-refractivity contribution < 1.29 is 9.47 Å². The molecule has 0 aromatic heterocycles. The molecule has 0 radical (unpaired) electrons. The highest BCUT2D eigenvalue weighted by Gasteiger charge is 2.23. The van der Waals surface area contributed by atoms with Crippen molar-refractivity contribution in [1.82, 2.24) is 5.32 Å². The van der Waals surface area contributed by atoms with Gasteiger partial charge in [0.05, 0.1) is 25.8 Å². The predicted molar refractivity (Wildman–Crippen MR) is 86.9 cm³/mol. The van der Waals surface area contributed by atoms with Crippen LogP contribution in [0.1, 0.15) is 17.2 Å². The first kappa shape index (κ1) is 16.0. The molecule has 112 valence electrons. The van der Waals surface area contributed by atoms with Crippen LogP contribution in [0.4, 0.5) is 0 Å². The molecule has 3 nitrogen and oxygen atoms in total. The Balaban J connectivity index is 2.63. The summed E-state index contributed by atoms with van der Waals surface area (Å²) >= 11 is 12.4. The first-order valence-electron chi connectivity index (χ1n) is 6.45. The van der Waals surface area contributed by atoms with Gasteiger partial charge in [0, 0.05) is 10.0 Å². The van der Waals surface area contributed by atoms with Gasteiger partial charge < -0.3 is 14.8 Å². The van der Waals surface area contributed by atoms with E-state index in [4.69, 9.17) is 32.7 Å². The summed E-state index contributed by atoms with van der Waals surface area (Å²) in [5.41, 5.74) is 1.75. The van der Waals surface area contributed by atoms with E-state index < -0.39 is 0 Å². The molecule has 21 heavy (non-hydrogen) atoms. The van der Waals surface area contributed by atoms with Gasteiger partial charge in [0.2, 0.25) is 0 Å². The van der Waals surface area contributed by atoms with Crippen LogP contribution >= 0.6 is 23.2 Å². The lowest BCUT2D eigenvalue weighted by molar-refractivity contribution is 0.379. The summed E-state index contributed by atoms with van der Waals surface area (Å²) in [6.07, 6.45) is 0.